The molecule has 2 aromatic carbocycles. The lowest BCUT2D eigenvalue weighted by molar-refractivity contribution is -0.686. The summed E-state index contributed by atoms with van der Waals surface area (Å²) in [5.41, 5.74) is 5.14. The summed E-state index contributed by atoms with van der Waals surface area (Å²) in [5, 5.41) is 2.31. The van der Waals surface area contributed by atoms with Gasteiger partial charge in [0.05, 0.1) is 39.4 Å². The van der Waals surface area contributed by atoms with Crippen LogP contribution in [0.1, 0.15) is 36.3 Å². The van der Waals surface area contributed by atoms with Crippen LogP contribution in [0.4, 0.5) is 0 Å². The molecule has 3 aromatic rings. The fourth-order valence-corrected chi connectivity index (χ4v) is 5.31. The number of nitrogens with zero attached hydrogens (tertiary/aromatic N) is 1. The summed E-state index contributed by atoms with van der Waals surface area (Å²) >= 11 is 0. The summed E-state index contributed by atoms with van der Waals surface area (Å²) in [5.74, 6) is 3.45. The molecular weight excluding hydrogens is 482 g/mol. The van der Waals surface area contributed by atoms with Crippen LogP contribution < -0.4 is 40.5 Å². The second kappa shape index (κ2) is 9.64. The average molecular weight is 512 g/mol. The number of ether oxygens (including phenoxy) is 4. The number of hydrogen-bond acceptors (Lipinski definition) is 4. The fourth-order valence-electron chi connectivity index (χ4n) is 5.31. The van der Waals surface area contributed by atoms with Crippen LogP contribution in [0.5, 0.6) is 23.0 Å². The van der Waals surface area contributed by atoms with E-state index >= 15 is 0 Å². The third kappa shape index (κ3) is 3.84. The summed E-state index contributed by atoms with van der Waals surface area (Å²) in [6.45, 7) is 0.900. The molecule has 33 heavy (non-hydrogen) atoms. The standard InChI is InChI=1S/C27H30NO4.BrH/c1-29-22-11-10-19-21(27(22)32-4)16-28-13-12-18-14-23(30-2)24(31-3)15-20(18)26(28)25(19)17-8-6-5-7-9-17;/h6,8,10-11,14-17H,5,7,9,12-13H2,1-4H3;1H/q+1;/p-1. The monoisotopic (exact) mass is 511 g/mol. The van der Waals surface area contributed by atoms with E-state index in [0.717, 1.165) is 54.2 Å². The smallest absolute Gasteiger partial charge is 0.217 e. The number of pyridine rings is 1. The minimum Gasteiger partial charge on any atom is -1.00 e. The van der Waals surface area contributed by atoms with E-state index in [2.05, 4.69) is 41.1 Å². The molecule has 1 aromatic heterocycles. The zero-order valence-corrected chi connectivity index (χ0v) is 21.2. The topological polar surface area (TPSA) is 40.8 Å². The van der Waals surface area contributed by atoms with Crippen molar-refractivity contribution in [1.29, 1.82) is 0 Å². The van der Waals surface area contributed by atoms with E-state index in [1.165, 1.54) is 34.2 Å². The first-order chi connectivity index (χ1) is 15.7. The number of hydrogen-bond donors (Lipinski definition) is 0. The van der Waals surface area contributed by atoms with Gasteiger partial charge in [-0.25, -0.2) is 0 Å². The Labute approximate surface area is 205 Å². The Hall–Kier alpha value is -2.73. The maximum Gasteiger partial charge on any atom is 0.217 e. The number of benzene rings is 2. The summed E-state index contributed by atoms with van der Waals surface area (Å²) in [6.07, 6.45) is 11.3. The van der Waals surface area contributed by atoms with Crippen molar-refractivity contribution < 1.29 is 40.5 Å². The molecule has 0 amide bonds. The van der Waals surface area contributed by atoms with Gasteiger partial charge in [0, 0.05) is 23.3 Å². The van der Waals surface area contributed by atoms with Crippen LogP contribution in [-0.2, 0) is 13.0 Å². The molecule has 5 nitrogen and oxygen atoms in total. The van der Waals surface area contributed by atoms with E-state index in [9.17, 15) is 0 Å². The van der Waals surface area contributed by atoms with Gasteiger partial charge < -0.3 is 35.9 Å². The fraction of sp³-hybridized carbons (Fsp3) is 0.370. The molecule has 1 aliphatic carbocycles. The van der Waals surface area contributed by atoms with Gasteiger partial charge in [0.1, 0.15) is 0 Å². The number of halogens is 1. The second-order valence-electron chi connectivity index (χ2n) is 8.43. The van der Waals surface area contributed by atoms with Gasteiger partial charge in [-0.05, 0) is 49.1 Å². The molecule has 0 bridgehead atoms. The lowest BCUT2D eigenvalue weighted by Gasteiger charge is -2.25. The van der Waals surface area contributed by atoms with Crippen LogP contribution in [0.3, 0.4) is 0 Å². The van der Waals surface area contributed by atoms with Crippen LogP contribution in [0.15, 0.2) is 42.6 Å². The van der Waals surface area contributed by atoms with Gasteiger partial charge in [0.2, 0.25) is 5.69 Å². The molecule has 0 saturated carbocycles. The summed E-state index contributed by atoms with van der Waals surface area (Å²) < 4.78 is 25.1. The van der Waals surface area contributed by atoms with E-state index in [1.54, 1.807) is 28.4 Å². The first-order valence-electron chi connectivity index (χ1n) is 11.2. The Balaban J connectivity index is 0.00000259. The Morgan fingerprint density at radius 1 is 0.879 bits per heavy atom. The van der Waals surface area contributed by atoms with Gasteiger partial charge in [-0.2, -0.15) is 4.57 Å². The van der Waals surface area contributed by atoms with Crippen LogP contribution in [0.2, 0.25) is 0 Å². The van der Waals surface area contributed by atoms with Crippen molar-refractivity contribution in [3.8, 4) is 34.3 Å². The minimum absolute atomic E-state index is 0. The Morgan fingerprint density at radius 3 is 2.30 bits per heavy atom. The highest BCUT2D eigenvalue weighted by molar-refractivity contribution is 5.95. The first kappa shape index (κ1) is 23.4. The summed E-state index contributed by atoms with van der Waals surface area (Å²) in [4.78, 5) is 0. The largest absolute Gasteiger partial charge is 1.00 e. The molecule has 0 fully saturated rings. The van der Waals surface area contributed by atoms with Crippen molar-refractivity contribution in [2.45, 2.75) is 38.1 Å². The van der Waals surface area contributed by atoms with Crippen molar-refractivity contribution >= 4 is 10.8 Å². The molecule has 1 atom stereocenters. The van der Waals surface area contributed by atoms with Crippen LogP contribution in [-0.4, -0.2) is 28.4 Å². The zero-order valence-electron chi connectivity index (χ0n) is 19.6. The van der Waals surface area contributed by atoms with Gasteiger partial charge in [-0.15, -0.1) is 0 Å². The maximum atomic E-state index is 5.83. The van der Waals surface area contributed by atoms with Gasteiger partial charge in [0.25, 0.3) is 0 Å². The van der Waals surface area contributed by atoms with E-state index in [1.807, 2.05) is 6.07 Å². The van der Waals surface area contributed by atoms with Gasteiger partial charge in [-0.1, -0.05) is 12.2 Å². The number of methoxy groups -OCH3 is 4. The van der Waals surface area contributed by atoms with E-state index in [0.29, 0.717) is 5.92 Å². The predicted octanol–water partition coefficient (Wildman–Crippen LogP) is 2.21. The SMILES string of the molecule is COc1cc2c(cc1OC)-c1c(C3C=CCCC3)c3ccc(OC)c(OC)c3c[n+]1CC2.[Br-]. The molecular formula is C27H30BrNO4. The van der Waals surface area contributed by atoms with Crippen molar-refractivity contribution in [2.75, 3.05) is 28.4 Å². The molecule has 0 radical (unpaired) electrons. The molecule has 0 saturated heterocycles. The first-order valence-corrected chi connectivity index (χ1v) is 11.2. The molecule has 6 heteroatoms. The molecule has 2 aliphatic rings. The van der Waals surface area contributed by atoms with Crippen LogP contribution in [0.25, 0.3) is 22.0 Å². The Kier molecular flexibility index (Phi) is 6.84. The number of aromatic nitrogens is 1. The maximum absolute atomic E-state index is 5.83. The van der Waals surface area contributed by atoms with Gasteiger partial charge >= 0.3 is 0 Å². The molecule has 1 unspecified atom stereocenters. The van der Waals surface area contributed by atoms with Crippen molar-refractivity contribution in [3.05, 3.63) is 53.7 Å². The molecule has 1 aliphatic heterocycles. The third-order valence-corrected chi connectivity index (χ3v) is 6.81. The summed E-state index contributed by atoms with van der Waals surface area (Å²) in [6, 6.07) is 8.48. The lowest BCUT2D eigenvalue weighted by atomic mass is 9.81. The van der Waals surface area contributed by atoms with Crippen molar-refractivity contribution in [2.24, 2.45) is 0 Å². The highest BCUT2D eigenvalue weighted by Crippen LogP contribution is 2.46. The van der Waals surface area contributed by atoms with Crippen LogP contribution in [0, 0.1) is 0 Å². The average Bonchev–Trinajstić information content (AvgIpc) is 2.85. The molecule has 5 rings (SSSR count). The molecule has 0 spiro atoms. The number of fused-ring (bicyclic) bond motifs is 4. The zero-order chi connectivity index (χ0) is 22.2. The second-order valence-corrected chi connectivity index (χ2v) is 8.43. The molecule has 174 valence electrons. The minimum atomic E-state index is 0. The number of aryl methyl sites for hydroxylation is 2. The van der Waals surface area contributed by atoms with Crippen molar-refractivity contribution in [3.63, 3.8) is 0 Å². The number of allylic oxidation sites excluding steroid dienone is 2. The predicted molar refractivity (Wildman–Crippen MR) is 125 cm³/mol. The van der Waals surface area contributed by atoms with E-state index in [4.69, 9.17) is 18.9 Å². The molecule has 2 heterocycles. The highest BCUT2D eigenvalue weighted by atomic mass is 79.9. The number of rotatable bonds is 5. The Bertz CT molecular complexity index is 1220. The van der Waals surface area contributed by atoms with Crippen molar-refractivity contribution in [1.82, 2.24) is 0 Å². The summed E-state index contributed by atoms with van der Waals surface area (Å²) in [7, 11) is 6.80. The van der Waals surface area contributed by atoms with Gasteiger partial charge in [0.15, 0.2) is 35.7 Å². The Morgan fingerprint density at radius 2 is 1.64 bits per heavy atom. The quantitative estimate of drug-likeness (QED) is 0.389. The highest BCUT2D eigenvalue weighted by Gasteiger charge is 2.34. The van der Waals surface area contributed by atoms with E-state index in [-0.39, 0.29) is 17.0 Å². The van der Waals surface area contributed by atoms with Crippen LogP contribution >= 0.6 is 0 Å². The van der Waals surface area contributed by atoms with E-state index < -0.39 is 0 Å². The third-order valence-electron chi connectivity index (χ3n) is 6.81. The molecule has 0 N–H and O–H groups in total. The normalized spacial score (nSPS) is 16.4. The van der Waals surface area contributed by atoms with Gasteiger partial charge in [-0.3, -0.25) is 0 Å². The lowest BCUT2D eigenvalue weighted by Crippen LogP contribution is -3.00.